The first kappa shape index (κ1) is 17.1. The summed E-state index contributed by atoms with van der Waals surface area (Å²) in [5.41, 5.74) is 5.93. The summed E-state index contributed by atoms with van der Waals surface area (Å²) >= 11 is 0. The van der Waals surface area contributed by atoms with Crippen molar-refractivity contribution in [1.29, 1.82) is 0 Å². The predicted octanol–water partition coefficient (Wildman–Crippen LogP) is 1.62. The molecule has 0 saturated carbocycles. The van der Waals surface area contributed by atoms with Gasteiger partial charge in [-0.15, -0.1) is 10.2 Å². The molecule has 0 aliphatic heterocycles. The van der Waals surface area contributed by atoms with E-state index in [1.807, 2.05) is 6.92 Å². The average molecular weight is 360 g/mol. The highest BCUT2D eigenvalue weighted by Gasteiger charge is 2.16. The van der Waals surface area contributed by atoms with E-state index in [1.165, 1.54) is 11.3 Å². The molecule has 1 aromatic carbocycles. The summed E-state index contributed by atoms with van der Waals surface area (Å²) < 4.78 is 1.76. The third-order valence-electron chi connectivity index (χ3n) is 4.82. The van der Waals surface area contributed by atoms with E-state index in [0.717, 1.165) is 28.7 Å². The number of aromatic amines is 1. The minimum Gasteiger partial charge on any atom is -0.375 e. The highest BCUT2D eigenvalue weighted by molar-refractivity contribution is 5.65. The van der Waals surface area contributed by atoms with Crippen LogP contribution in [0.15, 0.2) is 36.8 Å². The second-order valence-corrected chi connectivity index (χ2v) is 6.60. The van der Waals surface area contributed by atoms with Gasteiger partial charge < -0.3 is 4.90 Å². The number of hydrogen-bond donors (Lipinski definition) is 0. The van der Waals surface area contributed by atoms with Gasteiger partial charge >= 0.3 is 0 Å². The van der Waals surface area contributed by atoms with Crippen LogP contribution in [0.25, 0.3) is 23.2 Å². The second-order valence-electron chi connectivity index (χ2n) is 6.60. The van der Waals surface area contributed by atoms with Crippen LogP contribution in [0, 0.1) is 13.8 Å². The van der Waals surface area contributed by atoms with E-state index >= 15 is 0 Å². The molecule has 136 valence electrons. The van der Waals surface area contributed by atoms with Crippen molar-refractivity contribution >= 4 is 17.4 Å². The van der Waals surface area contributed by atoms with E-state index in [1.54, 1.807) is 23.1 Å². The molecule has 0 fully saturated rings. The summed E-state index contributed by atoms with van der Waals surface area (Å²) in [6.07, 6.45) is 7.37. The number of fused-ring (bicyclic) bond motifs is 1. The van der Waals surface area contributed by atoms with Crippen LogP contribution >= 0.6 is 0 Å². The minimum atomic E-state index is 0.626. The van der Waals surface area contributed by atoms with Crippen molar-refractivity contribution < 1.29 is 4.98 Å². The maximum atomic E-state index is 4.63. The summed E-state index contributed by atoms with van der Waals surface area (Å²) in [6, 6.07) is 6.49. The first-order valence-electron chi connectivity index (χ1n) is 8.96. The van der Waals surface area contributed by atoms with Crippen LogP contribution in [0.3, 0.4) is 0 Å². The van der Waals surface area contributed by atoms with Gasteiger partial charge in [-0.2, -0.15) is 9.61 Å². The molecule has 3 heterocycles. The van der Waals surface area contributed by atoms with Gasteiger partial charge in [-0.1, -0.05) is 6.07 Å². The monoisotopic (exact) mass is 360 g/mol. The number of nitrogens with one attached hydrogen (secondary N) is 1. The van der Waals surface area contributed by atoms with Crippen molar-refractivity contribution in [2.45, 2.75) is 20.8 Å². The van der Waals surface area contributed by atoms with E-state index in [-0.39, 0.29) is 0 Å². The average Bonchev–Trinajstić information content (AvgIpc) is 3.22. The van der Waals surface area contributed by atoms with Crippen LogP contribution in [-0.4, -0.2) is 38.4 Å². The molecule has 0 unspecified atom stereocenters. The quantitative estimate of drug-likeness (QED) is 0.553. The van der Waals surface area contributed by atoms with Gasteiger partial charge in [0.1, 0.15) is 0 Å². The molecule has 1 N–H and O–H groups in total. The molecule has 0 bridgehead atoms. The van der Waals surface area contributed by atoms with Gasteiger partial charge in [0.2, 0.25) is 5.82 Å². The highest BCUT2D eigenvalue weighted by atomic mass is 15.4. The van der Waals surface area contributed by atoms with E-state index in [2.05, 4.69) is 75.3 Å². The molecule has 4 rings (SSSR count). The lowest BCUT2D eigenvalue weighted by Gasteiger charge is -2.17. The molecule has 27 heavy (non-hydrogen) atoms. The molecule has 3 aromatic heterocycles. The molecule has 0 radical (unpaired) electrons. The van der Waals surface area contributed by atoms with Crippen LogP contribution in [0.1, 0.15) is 23.7 Å². The third-order valence-corrected chi connectivity index (χ3v) is 4.82. The summed E-state index contributed by atoms with van der Waals surface area (Å²) in [4.78, 5) is 9.57. The molecule has 7 nitrogen and oxygen atoms in total. The largest absolute Gasteiger partial charge is 0.375 e. The van der Waals surface area contributed by atoms with E-state index in [4.69, 9.17) is 0 Å². The van der Waals surface area contributed by atoms with Gasteiger partial charge in [-0.05, 0) is 50.1 Å². The first-order chi connectivity index (χ1) is 13.1. The predicted molar refractivity (Wildman–Crippen MR) is 104 cm³/mol. The Morgan fingerprint density at radius 1 is 1.22 bits per heavy atom. The molecule has 0 saturated heterocycles. The van der Waals surface area contributed by atoms with E-state index < -0.39 is 0 Å². The van der Waals surface area contributed by atoms with Crippen LogP contribution in [0.4, 0.5) is 5.69 Å². The van der Waals surface area contributed by atoms with Gasteiger partial charge in [-0.3, -0.25) is 0 Å². The van der Waals surface area contributed by atoms with Crippen molar-refractivity contribution in [2.24, 2.45) is 0 Å². The third kappa shape index (κ3) is 3.01. The minimum absolute atomic E-state index is 0.626. The van der Waals surface area contributed by atoms with E-state index in [0.29, 0.717) is 11.5 Å². The summed E-state index contributed by atoms with van der Waals surface area (Å²) in [7, 11) is 2.10. The number of H-pyrrole nitrogens is 1. The summed E-state index contributed by atoms with van der Waals surface area (Å²) in [6.45, 7) is 7.24. The molecule has 7 heteroatoms. The number of hydrogen-bond acceptors (Lipinski definition) is 5. The molecular weight excluding hydrogens is 338 g/mol. The fourth-order valence-corrected chi connectivity index (χ4v) is 3.08. The molecule has 0 aliphatic carbocycles. The van der Waals surface area contributed by atoms with Crippen molar-refractivity contribution in [1.82, 2.24) is 24.8 Å². The van der Waals surface area contributed by atoms with E-state index in [9.17, 15) is 0 Å². The Morgan fingerprint density at radius 3 is 2.78 bits per heavy atom. The van der Waals surface area contributed by atoms with Gasteiger partial charge in [-0.25, -0.2) is 9.97 Å². The molecular formula is C20H22N7+. The standard InChI is InChI=1S/C20H21N7/c1-5-26(4)16-7-6-15(13(2)10-16)11-17-14(3)25-27-19(17)23-24-20(27)18-12-21-8-9-22-18/h6-12H,5H2,1-4H3/p+1. The second kappa shape index (κ2) is 6.75. The van der Waals surface area contributed by atoms with Crippen molar-refractivity contribution in [3.05, 3.63) is 58.8 Å². The molecule has 0 aliphatic rings. The Kier molecular flexibility index (Phi) is 4.27. The number of nitrogens with zero attached hydrogens (tertiary/aromatic N) is 6. The Bertz CT molecular complexity index is 1150. The molecule has 4 aromatic rings. The van der Waals surface area contributed by atoms with Crippen molar-refractivity contribution in [3.63, 3.8) is 0 Å². The van der Waals surface area contributed by atoms with Gasteiger partial charge in [0, 0.05) is 24.5 Å². The fraction of sp³-hybridized carbons (Fsp3) is 0.250. The summed E-state index contributed by atoms with van der Waals surface area (Å²) in [5, 5.41) is 14.3. The Morgan fingerprint density at radius 2 is 2.07 bits per heavy atom. The number of rotatable bonds is 4. The Balaban J connectivity index is 1.83. The lowest BCUT2D eigenvalue weighted by molar-refractivity contribution is -0.378. The fourth-order valence-electron chi connectivity index (χ4n) is 3.08. The summed E-state index contributed by atoms with van der Waals surface area (Å²) in [5.74, 6) is 0.626. The zero-order valence-corrected chi connectivity index (χ0v) is 15.9. The first-order valence-corrected chi connectivity index (χ1v) is 8.96. The topological polar surface area (TPSA) is 73.4 Å². The number of anilines is 1. The SMILES string of the molecule is CCN(C)c1ccc(C=c2c(C)nn3c(-c4c[nH+]ccn4)nnc23)c(C)c1. The molecule has 0 spiro atoms. The van der Waals surface area contributed by atoms with Crippen molar-refractivity contribution in [2.75, 3.05) is 18.5 Å². The molecule has 0 atom stereocenters. The smallest absolute Gasteiger partial charge is 0.209 e. The number of benzene rings is 1. The lowest BCUT2D eigenvalue weighted by atomic mass is 10.1. The van der Waals surface area contributed by atoms with Crippen LogP contribution < -0.4 is 15.1 Å². The number of aromatic nitrogens is 6. The highest BCUT2D eigenvalue weighted by Crippen LogP contribution is 2.19. The molecule has 0 amide bonds. The lowest BCUT2D eigenvalue weighted by Crippen LogP contribution is -2.15. The maximum absolute atomic E-state index is 4.63. The van der Waals surface area contributed by atoms with Crippen molar-refractivity contribution in [3.8, 4) is 11.5 Å². The Hall–Kier alpha value is -3.35. The number of aryl methyl sites for hydroxylation is 2. The van der Waals surface area contributed by atoms with Crippen LogP contribution in [0.2, 0.25) is 0 Å². The van der Waals surface area contributed by atoms with Gasteiger partial charge in [0.25, 0.3) is 0 Å². The van der Waals surface area contributed by atoms with Gasteiger partial charge in [0.05, 0.1) is 11.9 Å². The maximum Gasteiger partial charge on any atom is 0.209 e. The zero-order valence-electron chi connectivity index (χ0n) is 15.9. The Labute approximate surface area is 157 Å². The normalized spacial score (nSPS) is 12.1. The van der Waals surface area contributed by atoms with Gasteiger partial charge in [0.15, 0.2) is 23.7 Å². The zero-order chi connectivity index (χ0) is 19.0. The van der Waals surface area contributed by atoms with Crippen LogP contribution in [0.5, 0.6) is 0 Å². The van der Waals surface area contributed by atoms with Crippen LogP contribution in [-0.2, 0) is 0 Å².